The number of methoxy groups -OCH3 is 1. The van der Waals surface area contributed by atoms with Gasteiger partial charge in [0, 0.05) is 12.2 Å². The second-order valence-corrected chi connectivity index (χ2v) is 6.11. The molecular weight excluding hydrogens is 314 g/mol. The van der Waals surface area contributed by atoms with Crippen molar-refractivity contribution in [1.29, 1.82) is 0 Å². The molecule has 25 heavy (non-hydrogen) atoms. The minimum absolute atomic E-state index is 0.107. The summed E-state index contributed by atoms with van der Waals surface area (Å²) in [6.45, 7) is 3.08. The number of benzene rings is 2. The van der Waals surface area contributed by atoms with Gasteiger partial charge in [0.25, 0.3) is 5.91 Å². The molecule has 0 bridgehead atoms. The lowest BCUT2D eigenvalue weighted by molar-refractivity contribution is -0.119. The van der Waals surface area contributed by atoms with Crippen LogP contribution in [0.4, 0.5) is 5.69 Å². The zero-order chi connectivity index (χ0) is 17.6. The highest BCUT2D eigenvalue weighted by atomic mass is 16.5. The number of ether oxygens (including phenoxy) is 1. The second kappa shape index (κ2) is 7.83. The first-order valence-corrected chi connectivity index (χ1v) is 8.48. The minimum Gasteiger partial charge on any atom is -0.497 e. The van der Waals surface area contributed by atoms with Gasteiger partial charge in [-0.3, -0.25) is 4.79 Å². The van der Waals surface area contributed by atoms with Crippen LogP contribution < -0.4 is 15.1 Å². The van der Waals surface area contributed by atoms with Gasteiger partial charge in [0.1, 0.15) is 5.75 Å². The largest absolute Gasteiger partial charge is 0.497 e. The van der Waals surface area contributed by atoms with E-state index in [1.165, 1.54) is 5.56 Å². The Morgan fingerprint density at radius 2 is 1.96 bits per heavy atom. The summed E-state index contributed by atoms with van der Waals surface area (Å²) >= 11 is 0. The van der Waals surface area contributed by atoms with Crippen LogP contribution in [0.1, 0.15) is 24.5 Å². The lowest BCUT2D eigenvalue weighted by Crippen LogP contribution is -2.38. The van der Waals surface area contributed by atoms with Gasteiger partial charge in [0.2, 0.25) is 0 Å². The minimum atomic E-state index is -0.107. The average molecular weight is 337 g/mol. The van der Waals surface area contributed by atoms with Gasteiger partial charge in [0.15, 0.2) is 0 Å². The normalized spacial score (nSPS) is 14.0. The molecule has 0 aliphatic carbocycles. The fourth-order valence-electron chi connectivity index (χ4n) is 3.03. The molecule has 0 fully saturated rings. The molecule has 3 rings (SSSR count). The molecule has 0 radical (unpaired) electrons. The molecule has 0 unspecified atom stereocenters. The van der Waals surface area contributed by atoms with E-state index in [0.717, 1.165) is 42.1 Å². The average Bonchev–Trinajstić information content (AvgIpc) is 2.66. The lowest BCUT2D eigenvalue weighted by Gasteiger charge is -2.30. The predicted octanol–water partition coefficient (Wildman–Crippen LogP) is 2.99. The van der Waals surface area contributed by atoms with E-state index in [2.05, 4.69) is 27.6 Å². The SMILES string of the molecule is COc1ccc(/C(C)=N\NC(=O)CN2CCCc3ccccc32)cc1. The molecule has 2 aromatic rings. The van der Waals surface area contributed by atoms with Crippen LogP contribution in [-0.4, -0.2) is 31.8 Å². The Labute approximate surface area is 148 Å². The van der Waals surface area contributed by atoms with Gasteiger partial charge in [-0.25, -0.2) is 5.43 Å². The van der Waals surface area contributed by atoms with Crippen molar-refractivity contribution in [3.8, 4) is 5.75 Å². The maximum atomic E-state index is 12.3. The first kappa shape index (κ1) is 17.0. The molecule has 1 aliphatic rings. The predicted molar refractivity (Wildman–Crippen MR) is 100 cm³/mol. The Bertz CT molecular complexity index is 769. The molecular formula is C20H23N3O2. The number of hydrogen-bond acceptors (Lipinski definition) is 4. The summed E-state index contributed by atoms with van der Waals surface area (Å²) in [4.78, 5) is 14.4. The Morgan fingerprint density at radius 1 is 1.20 bits per heavy atom. The quantitative estimate of drug-likeness (QED) is 0.674. The van der Waals surface area contributed by atoms with Crippen LogP contribution in [0.15, 0.2) is 53.6 Å². The van der Waals surface area contributed by atoms with Crippen LogP contribution >= 0.6 is 0 Å². The van der Waals surface area contributed by atoms with Gasteiger partial charge in [-0.15, -0.1) is 0 Å². The van der Waals surface area contributed by atoms with E-state index in [4.69, 9.17) is 4.74 Å². The molecule has 0 atom stereocenters. The maximum Gasteiger partial charge on any atom is 0.259 e. The zero-order valence-electron chi connectivity index (χ0n) is 14.7. The van der Waals surface area contributed by atoms with Crippen molar-refractivity contribution in [1.82, 2.24) is 5.43 Å². The number of fused-ring (bicyclic) bond motifs is 1. The van der Waals surface area contributed by atoms with Crippen molar-refractivity contribution < 1.29 is 9.53 Å². The van der Waals surface area contributed by atoms with E-state index in [9.17, 15) is 4.79 Å². The van der Waals surface area contributed by atoms with Gasteiger partial charge < -0.3 is 9.64 Å². The number of carbonyl (C=O) groups excluding carboxylic acids is 1. The third kappa shape index (κ3) is 4.18. The summed E-state index contributed by atoms with van der Waals surface area (Å²) in [5, 5.41) is 4.22. The van der Waals surface area contributed by atoms with Gasteiger partial charge in [-0.2, -0.15) is 5.10 Å². The summed E-state index contributed by atoms with van der Waals surface area (Å²) < 4.78 is 5.15. The second-order valence-electron chi connectivity index (χ2n) is 6.11. The fourth-order valence-corrected chi connectivity index (χ4v) is 3.03. The number of nitrogens with zero attached hydrogens (tertiary/aromatic N) is 2. The monoisotopic (exact) mass is 337 g/mol. The molecule has 0 saturated carbocycles. The van der Waals surface area contributed by atoms with E-state index in [1.807, 2.05) is 43.3 Å². The molecule has 5 nitrogen and oxygen atoms in total. The number of anilines is 1. The number of aryl methyl sites for hydroxylation is 1. The summed E-state index contributed by atoms with van der Waals surface area (Å²) in [6.07, 6.45) is 2.14. The third-order valence-electron chi connectivity index (χ3n) is 4.40. The Hall–Kier alpha value is -2.82. The standard InChI is InChI=1S/C20H23N3O2/c1-15(16-9-11-18(25-2)12-10-16)21-22-20(24)14-23-13-5-7-17-6-3-4-8-19(17)23/h3-4,6,8-12H,5,7,13-14H2,1-2H3,(H,22,24)/b21-15-. The molecule has 1 aliphatic heterocycles. The topological polar surface area (TPSA) is 53.9 Å². The van der Waals surface area contributed by atoms with Crippen LogP contribution in [-0.2, 0) is 11.2 Å². The molecule has 0 spiro atoms. The first-order chi connectivity index (χ1) is 12.2. The van der Waals surface area contributed by atoms with E-state index < -0.39 is 0 Å². The highest BCUT2D eigenvalue weighted by Crippen LogP contribution is 2.26. The maximum absolute atomic E-state index is 12.3. The van der Waals surface area contributed by atoms with Gasteiger partial charge in [-0.05, 0) is 61.2 Å². The number of carbonyl (C=O) groups is 1. The fraction of sp³-hybridized carbons (Fsp3) is 0.300. The van der Waals surface area contributed by atoms with Crippen LogP contribution in [0, 0.1) is 0 Å². The highest BCUT2D eigenvalue weighted by Gasteiger charge is 2.18. The summed E-state index contributed by atoms with van der Waals surface area (Å²) in [7, 11) is 1.63. The first-order valence-electron chi connectivity index (χ1n) is 8.48. The Balaban J connectivity index is 1.61. The summed E-state index contributed by atoms with van der Waals surface area (Å²) in [6, 6.07) is 15.9. The highest BCUT2D eigenvalue weighted by molar-refractivity contribution is 5.99. The van der Waals surface area contributed by atoms with E-state index >= 15 is 0 Å². The van der Waals surface area contributed by atoms with Gasteiger partial charge in [0.05, 0.1) is 19.4 Å². The molecule has 130 valence electrons. The number of para-hydroxylation sites is 1. The molecule has 5 heteroatoms. The van der Waals surface area contributed by atoms with Crippen LogP contribution in [0.3, 0.4) is 0 Å². The Kier molecular flexibility index (Phi) is 5.33. The molecule has 2 aromatic carbocycles. The van der Waals surface area contributed by atoms with Crippen molar-refractivity contribution >= 4 is 17.3 Å². The number of hydrogen-bond donors (Lipinski definition) is 1. The van der Waals surface area contributed by atoms with Crippen LogP contribution in [0.5, 0.6) is 5.75 Å². The summed E-state index contributed by atoms with van der Waals surface area (Å²) in [5.41, 5.74) is 6.83. The smallest absolute Gasteiger partial charge is 0.259 e. The van der Waals surface area contributed by atoms with Crippen LogP contribution in [0.2, 0.25) is 0 Å². The van der Waals surface area contributed by atoms with Crippen molar-refractivity contribution in [2.24, 2.45) is 5.10 Å². The number of hydrazone groups is 1. The Morgan fingerprint density at radius 3 is 2.72 bits per heavy atom. The lowest BCUT2D eigenvalue weighted by atomic mass is 10.0. The summed E-state index contributed by atoms with van der Waals surface area (Å²) in [5.74, 6) is 0.689. The van der Waals surface area contributed by atoms with E-state index in [0.29, 0.717) is 6.54 Å². The molecule has 0 saturated heterocycles. The number of nitrogens with one attached hydrogen (secondary N) is 1. The van der Waals surface area contributed by atoms with Crippen molar-refractivity contribution in [2.45, 2.75) is 19.8 Å². The van der Waals surface area contributed by atoms with Gasteiger partial charge >= 0.3 is 0 Å². The van der Waals surface area contributed by atoms with Crippen molar-refractivity contribution in [3.63, 3.8) is 0 Å². The number of rotatable bonds is 5. The van der Waals surface area contributed by atoms with Crippen molar-refractivity contribution in [3.05, 3.63) is 59.7 Å². The molecule has 1 amide bonds. The molecule has 1 heterocycles. The van der Waals surface area contributed by atoms with Gasteiger partial charge in [-0.1, -0.05) is 18.2 Å². The van der Waals surface area contributed by atoms with Crippen LogP contribution in [0.25, 0.3) is 0 Å². The van der Waals surface area contributed by atoms with E-state index in [1.54, 1.807) is 7.11 Å². The molecule has 1 N–H and O–H groups in total. The van der Waals surface area contributed by atoms with E-state index in [-0.39, 0.29) is 5.91 Å². The van der Waals surface area contributed by atoms with Crippen molar-refractivity contribution in [2.75, 3.05) is 25.1 Å². The third-order valence-corrected chi connectivity index (χ3v) is 4.40. The molecule has 0 aromatic heterocycles. The number of amides is 1. The zero-order valence-corrected chi connectivity index (χ0v) is 14.7.